The van der Waals surface area contributed by atoms with E-state index in [1.54, 1.807) is 53.5 Å². The van der Waals surface area contributed by atoms with E-state index in [0.29, 0.717) is 54.8 Å². The largest absolute Gasteiger partial charge is 0.419 e. The molecule has 3 heterocycles. The Balaban J connectivity index is 1.50. The van der Waals surface area contributed by atoms with Crippen molar-refractivity contribution in [1.82, 2.24) is 19.4 Å². The van der Waals surface area contributed by atoms with Gasteiger partial charge in [0, 0.05) is 51.2 Å². The zero-order valence-electron chi connectivity index (χ0n) is 15.0. The highest BCUT2D eigenvalue weighted by atomic mass is 16.4. The van der Waals surface area contributed by atoms with Crippen molar-refractivity contribution in [2.24, 2.45) is 7.05 Å². The number of aromatic amines is 1. The first-order valence-corrected chi connectivity index (χ1v) is 8.85. The maximum Gasteiger partial charge on any atom is 0.419 e. The van der Waals surface area contributed by atoms with Crippen molar-refractivity contribution in [1.29, 1.82) is 0 Å². The molecule has 0 bridgehead atoms. The SMILES string of the molecule is Cn1c(=O)oc2ccc(C(=O)N3CCCN(C(=O)c4cc[nH]c4)CC3)cc21. The van der Waals surface area contributed by atoms with Gasteiger partial charge in [0.15, 0.2) is 5.58 Å². The number of hydrogen-bond acceptors (Lipinski definition) is 4. The molecule has 140 valence electrons. The maximum atomic E-state index is 12.9. The number of H-pyrrole nitrogens is 1. The van der Waals surface area contributed by atoms with E-state index in [1.807, 2.05) is 0 Å². The summed E-state index contributed by atoms with van der Waals surface area (Å²) in [5.41, 5.74) is 2.17. The summed E-state index contributed by atoms with van der Waals surface area (Å²) in [5, 5.41) is 0. The van der Waals surface area contributed by atoms with Crippen LogP contribution in [-0.2, 0) is 7.05 Å². The highest BCUT2D eigenvalue weighted by molar-refractivity contribution is 5.97. The van der Waals surface area contributed by atoms with Crippen molar-refractivity contribution < 1.29 is 14.0 Å². The highest BCUT2D eigenvalue weighted by Crippen LogP contribution is 2.17. The van der Waals surface area contributed by atoms with Crippen molar-refractivity contribution in [3.63, 3.8) is 0 Å². The molecule has 1 aliphatic rings. The van der Waals surface area contributed by atoms with Crippen molar-refractivity contribution in [2.45, 2.75) is 6.42 Å². The summed E-state index contributed by atoms with van der Waals surface area (Å²) >= 11 is 0. The number of carbonyl (C=O) groups excluding carboxylic acids is 2. The molecule has 1 N–H and O–H groups in total. The summed E-state index contributed by atoms with van der Waals surface area (Å²) < 4.78 is 6.49. The molecule has 1 aromatic carbocycles. The number of aromatic nitrogens is 2. The summed E-state index contributed by atoms with van der Waals surface area (Å²) in [6.45, 7) is 2.15. The van der Waals surface area contributed by atoms with Crippen LogP contribution in [0.2, 0.25) is 0 Å². The van der Waals surface area contributed by atoms with Crippen LogP contribution < -0.4 is 5.76 Å². The predicted molar refractivity (Wildman–Crippen MR) is 98.7 cm³/mol. The average Bonchev–Trinajstić information content (AvgIpc) is 3.22. The number of amides is 2. The van der Waals surface area contributed by atoms with E-state index >= 15 is 0 Å². The van der Waals surface area contributed by atoms with Gasteiger partial charge in [-0.2, -0.15) is 0 Å². The summed E-state index contributed by atoms with van der Waals surface area (Å²) in [4.78, 5) is 43.5. The second-order valence-corrected chi connectivity index (χ2v) is 6.65. The fourth-order valence-corrected chi connectivity index (χ4v) is 3.41. The van der Waals surface area contributed by atoms with Crippen molar-refractivity contribution in [3.8, 4) is 0 Å². The van der Waals surface area contributed by atoms with Crippen LogP contribution in [0.3, 0.4) is 0 Å². The van der Waals surface area contributed by atoms with Gasteiger partial charge >= 0.3 is 5.76 Å². The fourth-order valence-electron chi connectivity index (χ4n) is 3.41. The number of aryl methyl sites for hydroxylation is 1. The van der Waals surface area contributed by atoms with Crippen LogP contribution in [0.1, 0.15) is 27.1 Å². The summed E-state index contributed by atoms with van der Waals surface area (Å²) in [5.74, 6) is -0.592. The Hall–Kier alpha value is -3.29. The third-order valence-corrected chi connectivity index (χ3v) is 4.95. The van der Waals surface area contributed by atoms with Crippen LogP contribution in [0.5, 0.6) is 0 Å². The van der Waals surface area contributed by atoms with E-state index in [2.05, 4.69) is 4.98 Å². The summed E-state index contributed by atoms with van der Waals surface area (Å²) in [6, 6.07) is 6.74. The molecule has 27 heavy (non-hydrogen) atoms. The van der Waals surface area contributed by atoms with Gasteiger partial charge in [-0.05, 0) is 30.7 Å². The van der Waals surface area contributed by atoms with Crippen LogP contribution in [0.15, 0.2) is 45.9 Å². The molecule has 1 fully saturated rings. The molecule has 1 aliphatic heterocycles. The number of nitrogens with zero attached hydrogens (tertiary/aromatic N) is 3. The quantitative estimate of drug-likeness (QED) is 0.741. The van der Waals surface area contributed by atoms with Crippen LogP contribution in [0, 0.1) is 0 Å². The Bertz CT molecular complexity index is 1050. The molecular formula is C19H20N4O4. The van der Waals surface area contributed by atoms with Gasteiger partial charge in [0.1, 0.15) is 0 Å². The molecule has 8 heteroatoms. The second-order valence-electron chi connectivity index (χ2n) is 6.65. The third kappa shape index (κ3) is 3.14. The van der Waals surface area contributed by atoms with Gasteiger partial charge in [-0.15, -0.1) is 0 Å². The topological polar surface area (TPSA) is 91.6 Å². The molecule has 2 amide bonds. The third-order valence-electron chi connectivity index (χ3n) is 4.95. The highest BCUT2D eigenvalue weighted by Gasteiger charge is 2.24. The molecule has 0 radical (unpaired) electrons. The lowest BCUT2D eigenvalue weighted by atomic mass is 10.1. The zero-order valence-corrected chi connectivity index (χ0v) is 15.0. The molecule has 4 rings (SSSR count). The van der Waals surface area contributed by atoms with E-state index < -0.39 is 5.76 Å². The van der Waals surface area contributed by atoms with E-state index in [4.69, 9.17) is 4.42 Å². The zero-order chi connectivity index (χ0) is 19.0. The van der Waals surface area contributed by atoms with Gasteiger partial charge in [-0.1, -0.05) is 0 Å². The number of hydrogen-bond donors (Lipinski definition) is 1. The Morgan fingerprint density at radius 2 is 1.70 bits per heavy atom. The number of oxazole rings is 1. The lowest BCUT2D eigenvalue weighted by molar-refractivity contribution is 0.0719. The molecule has 8 nitrogen and oxygen atoms in total. The lowest BCUT2D eigenvalue weighted by Crippen LogP contribution is -2.37. The Morgan fingerprint density at radius 1 is 1.00 bits per heavy atom. The van der Waals surface area contributed by atoms with Gasteiger partial charge in [0.25, 0.3) is 11.8 Å². The molecule has 0 aliphatic carbocycles. The van der Waals surface area contributed by atoms with Gasteiger partial charge in [0.2, 0.25) is 0 Å². The molecule has 1 saturated heterocycles. The van der Waals surface area contributed by atoms with Crippen molar-refractivity contribution >= 4 is 22.9 Å². The number of carbonyl (C=O) groups is 2. The number of rotatable bonds is 2. The second kappa shape index (κ2) is 6.79. The molecular weight excluding hydrogens is 348 g/mol. The minimum Gasteiger partial charge on any atom is -0.408 e. The Labute approximate surface area is 155 Å². The van der Waals surface area contributed by atoms with E-state index in [9.17, 15) is 14.4 Å². The molecule has 0 spiro atoms. The van der Waals surface area contributed by atoms with E-state index in [0.717, 1.165) is 0 Å². The molecule has 0 saturated carbocycles. The van der Waals surface area contributed by atoms with Crippen LogP contribution in [-0.4, -0.2) is 57.3 Å². The Morgan fingerprint density at radius 3 is 2.37 bits per heavy atom. The maximum absolute atomic E-state index is 12.9. The molecule has 0 unspecified atom stereocenters. The summed E-state index contributed by atoms with van der Waals surface area (Å²) in [6.07, 6.45) is 4.12. The molecule has 2 aromatic heterocycles. The predicted octanol–water partition coefficient (Wildman–Crippen LogP) is 1.45. The first-order chi connectivity index (χ1) is 13.0. The molecule has 0 atom stereocenters. The molecule has 3 aromatic rings. The monoisotopic (exact) mass is 368 g/mol. The van der Waals surface area contributed by atoms with Crippen LogP contribution >= 0.6 is 0 Å². The summed E-state index contributed by atoms with van der Waals surface area (Å²) in [7, 11) is 1.61. The first-order valence-electron chi connectivity index (χ1n) is 8.85. The number of benzene rings is 1. The lowest BCUT2D eigenvalue weighted by Gasteiger charge is -2.22. The van der Waals surface area contributed by atoms with Crippen LogP contribution in [0.25, 0.3) is 11.1 Å². The van der Waals surface area contributed by atoms with Crippen LogP contribution in [0.4, 0.5) is 0 Å². The number of nitrogens with one attached hydrogen (secondary N) is 1. The smallest absolute Gasteiger partial charge is 0.408 e. The van der Waals surface area contributed by atoms with E-state index in [-0.39, 0.29) is 11.8 Å². The van der Waals surface area contributed by atoms with Gasteiger partial charge < -0.3 is 19.2 Å². The standard InChI is InChI=1S/C19H20N4O4/c1-21-15-11-13(3-4-16(15)27-19(21)26)17(24)22-7-2-8-23(10-9-22)18(25)14-5-6-20-12-14/h3-6,11-12,20H,2,7-10H2,1H3. The fraction of sp³-hybridized carbons (Fsp3) is 0.316. The van der Waals surface area contributed by atoms with Gasteiger partial charge in [-0.3, -0.25) is 14.2 Å². The number of fused-ring (bicyclic) bond motifs is 1. The minimum absolute atomic E-state index is 0.0274. The average molecular weight is 368 g/mol. The minimum atomic E-state index is -0.455. The normalized spacial score (nSPS) is 15.1. The van der Waals surface area contributed by atoms with E-state index in [1.165, 1.54) is 4.57 Å². The van der Waals surface area contributed by atoms with Gasteiger partial charge in [0.05, 0.1) is 11.1 Å². The van der Waals surface area contributed by atoms with Gasteiger partial charge in [-0.25, -0.2) is 4.79 Å². The van der Waals surface area contributed by atoms with Crippen molar-refractivity contribution in [2.75, 3.05) is 26.2 Å². The Kier molecular flexibility index (Phi) is 4.31. The first kappa shape index (κ1) is 17.1. The van der Waals surface area contributed by atoms with Crippen molar-refractivity contribution in [3.05, 3.63) is 58.3 Å².